The molecule has 1 unspecified atom stereocenters. The van der Waals surface area contributed by atoms with Crippen molar-refractivity contribution in [3.05, 3.63) is 64.7 Å². The molecule has 0 radical (unpaired) electrons. The predicted octanol–water partition coefficient (Wildman–Crippen LogP) is 3.45. The number of carbonyl (C=O) groups excluding carboxylic acids is 2. The van der Waals surface area contributed by atoms with Gasteiger partial charge in [-0.1, -0.05) is 48.0 Å². The van der Waals surface area contributed by atoms with Crippen molar-refractivity contribution in [3.63, 3.8) is 0 Å². The van der Waals surface area contributed by atoms with Gasteiger partial charge in [-0.2, -0.15) is 0 Å². The highest BCUT2D eigenvalue weighted by molar-refractivity contribution is 6.31. The summed E-state index contributed by atoms with van der Waals surface area (Å²) in [4.78, 5) is 28.9. The highest BCUT2D eigenvalue weighted by Crippen LogP contribution is 2.29. The van der Waals surface area contributed by atoms with E-state index in [2.05, 4.69) is 0 Å². The van der Waals surface area contributed by atoms with Gasteiger partial charge in [-0.25, -0.2) is 0 Å². The van der Waals surface area contributed by atoms with E-state index in [1.807, 2.05) is 55.5 Å². The number of rotatable bonds is 3. The van der Waals surface area contributed by atoms with Gasteiger partial charge in [-0.05, 0) is 37.1 Å². The minimum absolute atomic E-state index is 0.0190. The summed E-state index contributed by atoms with van der Waals surface area (Å²) in [6.45, 7) is 4.69. The van der Waals surface area contributed by atoms with Gasteiger partial charge in [-0.3, -0.25) is 9.59 Å². The molecule has 1 aliphatic rings. The molecule has 2 amide bonds. The van der Waals surface area contributed by atoms with E-state index in [-0.39, 0.29) is 11.8 Å². The summed E-state index contributed by atoms with van der Waals surface area (Å²) in [6, 6.07) is 14.7. The van der Waals surface area contributed by atoms with Gasteiger partial charge >= 0.3 is 0 Å². The molecule has 1 atom stereocenters. The summed E-state index contributed by atoms with van der Waals surface area (Å²) in [5.74, 6) is -0.0902. The third kappa shape index (κ3) is 3.54. The third-order valence-corrected chi connectivity index (χ3v) is 5.11. The van der Waals surface area contributed by atoms with E-state index < -0.39 is 6.04 Å². The van der Waals surface area contributed by atoms with Crippen LogP contribution < -0.4 is 4.90 Å². The Labute approximate surface area is 153 Å². The van der Waals surface area contributed by atoms with Gasteiger partial charge in [0.2, 0.25) is 11.8 Å². The fourth-order valence-corrected chi connectivity index (χ4v) is 3.38. The van der Waals surface area contributed by atoms with Crippen molar-refractivity contribution < 1.29 is 9.59 Å². The van der Waals surface area contributed by atoms with Gasteiger partial charge in [-0.15, -0.1) is 0 Å². The highest BCUT2D eigenvalue weighted by Gasteiger charge is 2.35. The van der Waals surface area contributed by atoms with E-state index in [0.717, 1.165) is 16.8 Å². The number of amides is 2. The molecule has 1 aliphatic heterocycles. The molecular weight excluding hydrogens is 336 g/mol. The Balaban J connectivity index is 1.75. The number of anilines is 1. The van der Waals surface area contributed by atoms with E-state index in [0.29, 0.717) is 24.5 Å². The van der Waals surface area contributed by atoms with E-state index in [1.165, 1.54) is 0 Å². The maximum Gasteiger partial charge on any atom is 0.249 e. The van der Waals surface area contributed by atoms with Crippen molar-refractivity contribution in [3.8, 4) is 0 Å². The second-order valence-corrected chi connectivity index (χ2v) is 6.71. The topological polar surface area (TPSA) is 40.6 Å². The van der Waals surface area contributed by atoms with Crippen LogP contribution in [0.15, 0.2) is 48.5 Å². The van der Waals surface area contributed by atoms with Crippen molar-refractivity contribution in [2.75, 3.05) is 18.0 Å². The SMILES string of the molecule is Cc1c(Cl)cccc1N1CCN(C(=O)Cc2ccccc2)C(C)C1=O. The minimum atomic E-state index is -0.483. The number of benzene rings is 2. The second kappa shape index (κ2) is 7.28. The highest BCUT2D eigenvalue weighted by atomic mass is 35.5. The van der Waals surface area contributed by atoms with Crippen molar-refractivity contribution in [1.29, 1.82) is 0 Å². The van der Waals surface area contributed by atoms with Crippen molar-refractivity contribution >= 4 is 29.1 Å². The van der Waals surface area contributed by atoms with Crippen LogP contribution in [0, 0.1) is 6.92 Å². The Morgan fingerprint density at radius 3 is 2.56 bits per heavy atom. The molecule has 0 N–H and O–H groups in total. The van der Waals surface area contributed by atoms with Crippen LogP contribution in [0.5, 0.6) is 0 Å². The molecule has 3 rings (SSSR count). The van der Waals surface area contributed by atoms with E-state index >= 15 is 0 Å². The van der Waals surface area contributed by atoms with E-state index in [1.54, 1.807) is 16.7 Å². The van der Waals surface area contributed by atoms with Crippen LogP contribution in [0.4, 0.5) is 5.69 Å². The summed E-state index contributed by atoms with van der Waals surface area (Å²) in [5, 5.41) is 0.639. The molecule has 25 heavy (non-hydrogen) atoms. The fourth-order valence-electron chi connectivity index (χ4n) is 3.21. The molecule has 2 aromatic carbocycles. The lowest BCUT2D eigenvalue weighted by atomic mass is 10.1. The lowest BCUT2D eigenvalue weighted by Gasteiger charge is -2.39. The smallest absolute Gasteiger partial charge is 0.249 e. The molecule has 1 heterocycles. The molecule has 4 nitrogen and oxygen atoms in total. The zero-order valence-electron chi connectivity index (χ0n) is 14.4. The molecule has 0 aromatic heterocycles. The number of piperazine rings is 1. The lowest BCUT2D eigenvalue weighted by Crippen LogP contribution is -2.58. The molecule has 0 bridgehead atoms. The van der Waals surface area contributed by atoms with Crippen LogP contribution in [0.3, 0.4) is 0 Å². The monoisotopic (exact) mass is 356 g/mol. The first-order valence-corrected chi connectivity index (χ1v) is 8.76. The summed E-state index contributed by atoms with van der Waals surface area (Å²) in [6.07, 6.45) is 0.314. The zero-order valence-corrected chi connectivity index (χ0v) is 15.2. The third-order valence-electron chi connectivity index (χ3n) is 4.70. The number of carbonyl (C=O) groups is 2. The van der Waals surface area contributed by atoms with Crippen LogP contribution in [-0.2, 0) is 16.0 Å². The standard InChI is InChI=1S/C20H21ClN2O2/c1-14-17(21)9-6-10-18(14)23-12-11-22(15(2)20(23)25)19(24)13-16-7-4-3-5-8-16/h3-10,15H,11-13H2,1-2H3. The number of halogens is 1. The summed E-state index contributed by atoms with van der Waals surface area (Å²) >= 11 is 6.18. The summed E-state index contributed by atoms with van der Waals surface area (Å²) in [7, 11) is 0. The minimum Gasteiger partial charge on any atom is -0.329 e. The van der Waals surface area contributed by atoms with Crippen LogP contribution in [0.1, 0.15) is 18.1 Å². The average Bonchev–Trinajstić information content (AvgIpc) is 2.61. The molecule has 130 valence electrons. The Hall–Kier alpha value is -2.33. The fraction of sp³-hybridized carbons (Fsp3) is 0.300. The molecule has 0 saturated carbocycles. The Morgan fingerprint density at radius 1 is 1.12 bits per heavy atom. The zero-order chi connectivity index (χ0) is 18.0. The maximum absolute atomic E-state index is 12.8. The van der Waals surface area contributed by atoms with Gasteiger partial charge in [0.15, 0.2) is 0 Å². The Morgan fingerprint density at radius 2 is 1.84 bits per heavy atom. The maximum atomic E-state index is 12.8. The largest absolute Gasteiger partial charge is 0.329 e. The van der Waals surface area contributed by atoms with Crippen molar-refractivity contribution in [2.45, 2.75) is 26.3 Å². The predicted molar refractivity (Wildman–Crippen MR) is 99.9 cm³/mol. The molecule has 1 saturated heterocycles. The van der Waals surface area contributed by atoms with Crippen LogP contribution in [-0.4, -0.2) is 35.8 Å². The molecule has 1 fully saturated rings. The van der Waals surface area contributed by atoms with Gasteiger partial charge < -0.3 is 9.80 Å². The number of hydrogen-bond acceptors (Lipinski definition) is 2. The number of nitrogens with zero attached hydrogens (tertiary/aromatic N) is 2. The summed E-state index contributed by atoms with van der Waals surface area (Å²) in [5.41, 5.74) is 2.66. The molecule has 5 heteroatoms. The van der Waals surface area contributed by atoms with Gasteiger partial charge in [0.1, 0.15) is 6.04 Å². The first-order valence-electron chi connectivity index (χ1n) is 8.39. The van der Waals surface area contributed by atoms with Crippen molar-refractivity contribution in [1.82, 2.24) is 4.90 Å². The Kier molecular flexibility index (Phi) is 5.09. The normalized spacial score (nSPS) is 17.7. The first kappa shape index (κ1) is 17.5. The van der Waals surface area contributed by atoms with Gasteiger partial charge in [0, 0.05) is 23.8 Å². The van der Waals surface area contributed by atoms with Gasteiger partial charge in [0.25, 0.3) is 0 Å². The first-order chi connectivity index (χ1) is 12.0. The quantitative estimate of drug-likeness (QED) is 0.845. The van der Waals surface area contributed by atoms with Crippen LogP contribution in [0.2, 0.25) is 5.02 Å². The van der Waals surface area contributed by atoms with E-state index in [4.69, 9.17) is 11.6 Å². The summed E-state index contributed by atoms with van der Waals surface area (Å²) < 4.78 is 0. The number of hydrogen-bond donors (Lipinski definition) is 0. The lowest BCUT2D eigenvalue weighted by molar-refractivity contribution is -0.140. The van der Waals surface area contributed by atoms with Crippen LogP contribution in [0.25, 0.3) is 0 Å². The molecule has 0 spiro atoms. The molecule has 0 aliphatic carbocycles. The Bertz CT molecular complexity index is 792. The van der Waals surface area contributed by atoms with Gasteiger partial charge in [0.05, 0.1) is 6.42 Å². The van der Waals surface area contributed by atoms with E-state index in [9.17, 15) is 9.59 Å². The van der Waals surface area contributed by atoms with Crippen LogP contribution >= 0.6 is 11.6 Å². The molecular formula is C20H21ClN2O2. The average molecular weight is 357 g/mol. The van der Waals surface area contributed by atoms with Crippen molar-refractivity contribution in [2.24, 2.45) is 0 Å². The second-order valence-electron chi connectivity index (χ2n) is 6.30. The molecule has 2 aromatic rings.